The zero-order valence-corrected chi connectivity index (χ0v) is 12.1. The molecule has 2 aliphatic heterocycles. The molecule has 2 N–H and O–H groups in total. The fourth-order valence-electron chi connectivity index (χ4n) is 2.90. The van der Waals surface area contributed by atoms with Gasteiger partial charge in [0.1, 0.15) is 0 Å². The molecule has 0 radical (unpaired) electrons. The quantitative estimate of drug-likeness (QED) is 0.818. The largest absolute Gasteiger partial charge is 0.335 e. The van der Waals surface area contributed by atoms with Gasteiger partial charge in [-0.1, -0.05) is 6.07 Å². The highest BCUT2D eigenvalue weighted by Crippen LogP contribution is 2.28. The Hall–Kier alpha value is -2.37. The second-order valence-corrected chi connectivity index (χ2v) is 5.42. The van der Waals surface area contributed by atoms with Crippen LogP contribution in [0.2, 0.25) is 0 Å². The van der Waals surface area contributed by atoms with Gasteiger partial charge in [-0.3, -0.25) is 4.79 Å². The van der Waals surface area contributed by atoms with Crippen molar-refractivity contribution in [3.05, 3.63) is 29.3 Å². The summed E-state index contributed by atoms with van der Waals surface area (Å²) in [7, 11) is 0. The van der Waals surface area contributed by atoms with Crippen molar-refractivity contribution in [1.82, 2.24) is 10.7 Å². The summed E-state index contributed by atoms with van der Waals surface area (Å²) in [5.41, 5.74) is 6.35. The molecule has 2 heterocycles. The molecule has 0 aliphatic carbocycles. The Kier molecular flexibility index (Phi) is 3.37. The first-order chi connectivity index (χ1) is 10.1. The molecule has 0 saturated carbocycles. The van der Waals surface area contributed by atoms with Crippen LogP contribution in [0, 0.1) is 0 Å². The van der Waals surface area contributed by atoms with Gasteiger partial charge in [-0.05, 0) is 37.5 Å². The fourth-order valence-corrected chi connectivity index (χ4v) is 2.90. The highest BCUT2D eigenvalue weighted by atomic mass is 16.2. The summed E-state index contributed by atoms with van der Waals surface area (Å²) in [6, 6.07) is 5.57. The molecule has 0 spiro atoms. The Balaban J connectivity index is 1.97. The molecule has 1 unspecified atom stereocenters. The van der Waals surface area contributed by atoms with Crippen molar-refractivity contribution in [2.45, 2.75) is 32.7 Å². The van der Waals surface area contributed by atoms with Gasteiger partial charge in [0.15, 0.2) is 0 Å². The topological polar surface area (TPSA) is 73.8 Å². The van der Waals surface area contributed by atoms with E-state index in [2.05, 4.69) is 21.9 Å². The molecule has 0 saturated heterocycles. The average Bonchev–Trinajstić information content (AvgIpc) is 2.46. The van der Waals surface area contributed by atoms with Gasteiger partial charge in [0.2, 0.25) is 5.91 Å². The number of urea groups is 1. The lowest BCUT2D eigenvalue weighted by Crippen LogP contribution is -2.48. The summed E-state index contributed by atoms with van der Waals surface area (Å²) in [6.45, 7) is 4.27. The van der Waals surface area contributed by atoms with Gasteiger partial charge in [-0.2, -0.15) is 5.10 Å². The number of anilines is 1. The van der Waals surface area contributed by atoms with Crippen LogP contribution >= 0.6 is 0 Å². The lowest BCUT2D eigenvalue weighted by Gasteiger charge is -2.29. The minimum atomic E-state index is -0.285. The van der Waals surface area contributed by atoms with Crippen LogP contribution in [-0.4, -0.2) is 30.2 Å². The third-order valence-corrected chi connectivity index (χ3v) is 3.91. The van der Waals surface area contributed by atoms with Crippen molar-refractivity contribution in [1.29, 1.82) is 0 Å². The summed E-state index contributed by atoms with van der Waals surface area (Å²) >= 11 is 0. The Morgan fingerprint density at radius 1 is 1.43 bits per heavy atom. The van der Waals surface area contributed by atoms with E-state index < -0.39 is 0 Å². The monoisotopic (exact) mass is 286 g/mol. The highest BCUT2D eigenvalue weighted by molar-refractivity contribution is 6.08. The minimum Gasteiger partial charge on any atom is -0.328 e. The number of nitrogens with one attached hydrogen (secondary N) is 2. The van der Waals surface area contributed by atoms with Crippen LogP contribution in [0.25, 0.3) is 0 Å². The van der Waals surface area contributed by atoms with Gasteiger partial charge in [-0.25, -0.2) is 10.2 Å². The summed E-state index contributed by atoms with van der Waals surface area (Å²) < 4.78 is 0. The number of hydrazone groups is 1. The number of carbonyl (C=O) groups excluding carboxylic acids is 2. The molecule has 1 aromatic rings. The maximum absolute atomic E-state index is 11.7. The number of carbonyl (C=O) groups is 2. The molecular weight excluding hydrogens is 268 g/mol. The SMILES string of the molecule is CC(=O)N1CCCc2cc(C3=NNC(=O)NC3C)ccc21. The molecule has 1 atom stereocenters. The molecule has 0 bridgehead atoms. The molecule has 3 amide bonds. The molecule has 2 aliphatic rings. The second-order valence-electron chi connectivity index (χ2n) is 5.42. The second kappa shape index (κ2) is 5.20. The van der Waals surface area contributed by atoms with E-state index in [4.69, 9.17) is 0 Å². The van der Waals surface area contributed by atoms with E-state index in [0.29, 0.717) is 0 Å². The molecule has 0 fully saturated rings. The van der Waals surface area contributed by atoms with E-state index in [0.717, 1.165) is 41.9 Å². The number of hydrogen-bond acceptors (Lipinski definition) is 3. The molecule has 0 aromatic heterocycles. The first-order valence-corrected chi connectivity index (χ1v) is 7.12. The molecule has 110 valence electrons. The molecule has 21 heavy (non-hydrogen) atoms. The summed E-state index contributed by atoms with van der Waals surface area (Å²) in [6.07, 6.45) is 1.92. The molecule has 3 rings (SSSR count). The maximum atomic E-state index is 11.7. The van der Waals surface area contributed by atoms with Gasteiger partial charge in [-0.15, -0.1) is 0 Å². The summed E-state index contributed by atoms with van der Waals surface area (Å²) in [4.78, 5) is 24.7. The van der Waals surface area contributed by atoms with E-state index >= 15 is 0 Å². The number of aryl methyl sites for hydroxylation is 1. The van der Waals surface area contributed by atoms with Gasteiger partial charge in [0.25, 0.3) is 0 Å². The first-order valence-electron chi connectivity index (χ1n) is 7.12. The van der Waals surface area contributed by atoms with Crippen LogP contribution in [0.5, 0.6) is 0 Å². The predicted molar refractivity (Wildman–Crippen MR) is 80.5 cm³/mol. The first kappa shape index (κ1) is 13.6. The number of rotatable bonds is 1. The number of amides is 3. The van der Waals surface area contributed by atoms with Crippen LogP contribution in [0.4, 0.5) is 10.5 Å². The number of fused-ring (bicyclic) bond motifs is 1. The third-order valence-electron chi connectivity index (χ3n) is 3.91. The van der Waals surface area contributed by atoms with Crippen molar-refractivity contribution in [3.63, 3.8) is 0 Å². The van der Waals surface area contributed by atoms with Crippen molar-refractivity contribution < 1.29 is 9.59 Å². The Morgan fingerprint density at radius 2 is 2.24 bits per heavy atom. The predicted octanol–water partition coefficient (Wildman–Crippen LogP) is 1.39. The molecular formula is C15H18N4O2. The van der Waals surface area contributed by atoms with Crippen molar-refractivity contribution in [2.24, 2.45) is 5.10 Å². The average molecular weight is 286 g/mol. The van der Waals surface area contributed by atoms with E-state index in [1.807, 2.05) is 24.0 Å². The molecule has 1 aromatic carbocycles. The lowest BCUT2D eigenvalue weighted by molar-refractivity contribution is -0.116. The maximum Gasteiger partial charge on any atom is 0.335 e. The van der Waals surface area contributed by atoms with Gasteiger partial charge in [0.05, 0.1) is 11.8 Å². The van der Waals surface area contributed by atoms with E-state index in [9.17, 15) is 9.59 Å². The van der Waals surface area contributed by atoms with Crippen LogP contribution in [0.3, 0.4) is 0 Å². The smallest absolute Gasteiger partial charge is 0.328 e. The Morgan fingerprint density at radius 3 is 2.95 bits per heavy atom. The zero-order valence-electron chi connectivity index (χ0n) is 12.1. The summed E-state index contributed by atoms with van der Waals surface area (Å²) in [5.74, 6) is 0.0704. The van der Waals surface area contributed by atoms with Crippen LogP contribution in [0.1, 0.15) is 31.4 Å². The number of nitrogens with zero attached hydrogens (tertiary/aromatic N) is 2. The van der Waals surface area contributed by atoms with Gasteiger partial charge in [0, 0.05) is 24.7 Å². The zero-order chi connectivity index (χ0) is 15.0. The van der Waals surface area contributed by atoms with E-state index in [1.165, 1.54) is 0 Å². The Labute approximate surface area is 123 Å². The van der Waals surface area contributed by atoms with Gasteiger partial charge >= 0.3 is 6.03 Å². The van der Waals surface area contributed by atoms with Crippen molar-refractivity contribution in [3.8, 4) is 0 Å². The standard InChI is InChI=1S/C15H18N4O2/c1-9-14(17-18-15(21)16-9)12-5-6-13-11(8-12)4-3-7-19(13)10(2)20/h5-6,8-9H,3-4,7H2,1-2H3,(H2,16,18,21). The van der Waals surface area contributed by atoms with Crippen molar-refractivity contribution in [2.75, 3.05) is 11.4 Å². The van der Waals surface area contributed by atoms with Crippen molar-refractivity contribution >= 4 is 23.3 Å². The third kappa shape index (κ3) is 2.49. The molecule has 6 heteroatoms. The van der Waals surface area contributed by atoms with E-state index in [-0.39, 0.29) is 18.0 Å². The minimum absolute atomic E-state index is 0.0704. The fraction of sp³-hybridized carbons (Fsp3) is 0.400. The van der Waals surface area contributed by atoms with Crippen LogP contribution in [-0.2, 0) is 11.2 Å². The van der Waals surface area contributed by atoms with Crippen LogP contribution in [0.15, 0.2) is 23.3 Å². The van der Waals surface area contributed by atoms with E-state index in [1.54, 1.807) is 6.92 Å². The number of benzene rings is 1. The van der Waals surface area contributed by atoms with Gasteiger partial charge < -0.3 is 10.2 Å². The normalized spacial score (nSPS) is 21.0. The summed E-state index contributed by atoms with van der Waals surface area (Å²) in [5, 5.41) is 6.93. The lowest BCUT2D eigenvalue weighted by atomic mass is 9.95. The number of hydrogen-bond donors (Lipinski definition) is 2. The van der Waals surface area contributed by atoms with Crippen LogP contribution < -0.4 is 15.6 Å². The Bertz CT molecular complexity index is 639. The highest BCUT2D eigenvalue weighted by Gasteiger charge is 2.24. The molecule has 6 nitrogen and oxygen atoms in total.